The van der Waals surface area contributed by atoms with Crippen molar-refractivity contribution < 1.29 is 0 Å². The van der Waals surface area contributed by atoms with E-state index in [0.717, 1.165) is 35.5 Å². The fourth-order valence-electron chi connectivity index (χ4n) is 9.79. The Morgan fingerprint density at radius 2 is 0.970 bits per heavy atom. The fourth-order valence-corrected chi connectivity index (χ4v) is 9.79. The molecule has 0 radical (unpaired) electrons. The number of fused-ring (bicyclic) bond motifs is 3. The van der Waals surface area contributed by atoms with Crippen molar-refractivity contribution in [1.29, 1.82) is 0 Å². The van der Waals surface area contributed by atoms with E-state index in [9.17, 15) is 0 Å². The van der Waals surface area contributed by atoms with Crippen molar-refractivity contribution in [3.63, 3.8) is 0 Å². The van der Waals surface area contributed by atoms with Gasteiger partial charge in [0.1, 0.15) is 0 Å². The van der Waals surface area contributed by atoms with Crippen molar-refractivity contribution in [3.8, 4) is 0 Å². The van der Waals surface area contributed by atoms with E-state index in [2.05, 4.69) is 83.1 Å². The van der Waals surface area contributed by atoms with Crippen LogP contribution in [0.25, 0.3) is 10.8 Å². The van der Waals surface area contributed by atoms with Crippen LogP contribution in [0.2, 0.25) is 0 Å². The highest BCUT2D eigenvalue weighted by Crippen LogP contribution is 2.69. The molecule has 33 heavy (non-hydrogen) atoms. The Balaban J connectivity index is 1.81. The molecule has 0 saturated heterocycles. The van der Waals surface area contributed by atoms with E-state index < -0.39 is 0 Å². The number of benzene rings is 2. The van der Waals surface area contributed by atoms with E-state index in [1.165, 1.54) is 29.5 Å². The second-order valence-corrected chi connectivity index (χ2v) is 13.3. The first-order valence-corrected chi connectivity index (χ1v) is 13.9. The van der Waals surface area contributed by atoms with E-state index >= 15 is 0 Å². The van der Waals surface area contributed by atoms with Crippen molar-refractivity contribution in [2.24, 2.45) is 40.9 Å². The molecule has 2 fully saturated rings. The van der Waals surface area contributed by atoms with Gasteiger partial charge in [-0.3, -0.25) is 0 Å². The largest absolute Gasteiger partial charge is 0.0622 e. The summed E-state index contributed by atoms with van der Waals surface area (Å²) in [5, 5.41) is 3.28. The highest BCUT2D eigenvalue weighted by molar-refractivity contribution is 6.00. The maximum atomic E-state index is 2.68. The molecule has 2 saturated carbocycles. The standard InChI is InChI=1S/C33H48/c1-15-13-33(25(11)20(6)17(15)3)14-16(2)27-29-23(9)18(4)21(7)28-22(8)19(5)24(10)30(32(28)29)31(27)26(33)12/h15-17,20,25-27,31H,13-14H2,1-12H3. The third-order valence-corrected chi connectivity index (χ3v) is 12.5. The minimum atomic E-state index is 0.476. The molecule has 0 heterocycles. The Morgan fingerprint density at radius 1 is 0.485 bits per heavy atom. The molecule has 3 aliphatic rings. The van der Waals surface area contributed by atoms with E-state index in [0.29, 0.717) is 17.3 Å². The molecule has 0 N–H and O–H groups in total. The first kappa shape index (κ1) is 23.4. The summed E-state index contributed by atoms with van der Waals surface area (Å²) in [7, 11) is 0. The number of aryl methyl sites for hydroxylation is 2. The predicted molar refractivity (Wildman–Crippen MR) is 145 cm³/mol. The maximum Gasteiger partial charge on any atom is -0.00501 e. The summed E-state index contributed by atoms with van der Waals surface area (Å²) in [5.74, 6) is 6.15. The molecule has 0 bridgehead atoms. The molecule has 0 amide bonds. The van der Waals surface area contributed by atoms with Crippen molar-refractivity contribution >= 4 is 10.8 Å². The Labute approximate surface area is 203 Å². The van der Waals surface area contributed by atoms with Crippen LogP contribution in [0.3, 0.4) is 0 Å². The zero-order valence-corrected chi connectivity index (χ0v) is 23.5. The summed E-state index contributed by atoms with van der Waals surface area (Å²) in [4.78, 5) is 0. The molecule has 0 heteroatoms. The Bertz CT molecular complexity index is 1140. The van der Waals surface area contributed by atoms with Gasteiger partial charge in [-0.2, -0.15) is 0 Å². The van der Waals surface area contributed by atoms with Crippen LogP contribution in [-0.4, -0.2) is 0 Å². The molecule has 5 rings (SSSR count). The van der Waals surface area contributed by atoms with Gasteiger partial charge in [-0.15, -0.1) is 0 Å². The molecule has 3 aliphatic carbocycles. The molecule has 0 aromatic heterocycles. The van der Waals surface area contributed by atoms with Gasteiger partial charge in [0.15, 0.2) is 0 Å². The molecule has 180 valence electrons. The van der Waals surface area contributed by atoms with E-state index in [-0.39, 0.29) is 0 Å². The SMILES string of the molecule is Cc1c(C)c2c3c(c(C)c(C)c(C)c3c1C)C1C2C(C)CC2(CC(C)C(C)C(C)C2C)C1C. The van der Waals surface area contributed by atoms with Gasteiger partial charge in [-0.25, -0.2) is 0 Å². The maximum absolute atomic E-state index is 2.68. The average molecular weight is 445 g/mol. The average Bonchev–Trinajstić information content (AvgIpc) is 3.13. The predicted octanol–water partition coefficient (Wildman–Crippen LogP) is 9.48. The van der Waals surface area contributed by atoms with Crippen molar-refractivity contribution in [2.75, 3.05) is 0 Å². The zero-order chi connectivity index (χ0) is 24.3. The van der Waals surface area contributed by atoms with Crippen LogP contribution in [0, 0.1) is 82.5 Å². The zero-order valence-electron chi connectivity index (χ0n) is 23.5. The highest BCUT2D eigenvalue weighted by Gasteiger charge is 2.59. The summed E-state index contributed by atoms with van der Waals surface area (Å²) < 4.78 is 0. The van der Waals surface area contributed by atoms with Gasteiger partial charge < -0.3 is 0 Å². The molecule has 0 aliphatic heterocycles. The van der Waals surface area contributed by atoms with E-state index in [1.54, 1.807) is 38.6 Å². The fraction of sp³-hybridized carbons (Fsp3) is 0.697. The lowest BCUT2D eigenvalue weighted by molar-refractivity contribution is -0.0948. The quantitative estimate of drug-likeness (QED) is 0.379. The van der Waals surface area contributed by atoms with Crippen LogP contribution in [0.1, 0.15) is 111 Å². The topological polar surface area (TPSA) is 0 Å². The van der Waals surface area contributed by atoms with E-state index in [4.69, 9.17) is 0 Å². The van der Waals surface area contributed by atoms with Gasteiger partial charge in [0.2, 0.25) is 0 Å². The first-order chi connectivity index (χ1) is 15.4. The van der Waals surface area contributed by atoms with Crippen molar-refractivity contribution in [3.05, 3.63) is 44.5 Å². The Hall–Kier alpha value is -1.30. The monoisotopic (exact) mass is 444 g/mol. The summed E-state index contributed by atoms with van der Waals surface area (Å²) in [6.45, 7) is 30.0. The second-order valence-electron chi connectivity index (χ2n) is 13.3. The smallest absolute Gasteiger partial charge is 0.00501 e. The minimum Gasteiger partial charge on any atom is -0.0622 e. The van der Waals surface area contributed by atoms with Crippen LogP contribution in [0.15, 0.2) is 0 Å². The normalized spacial score (nSPS) is 40.0. The molecule has 9 atom stereocenters. The lowest BCUT2D eigenvalue weighted by Gasteiger charge is -2.61. The molecule has 0 nitrogen and oxygen atoms in total. The van der Waals surface area contributed by atoms with Crippen LogP contribution < -0.4 is 0 Å². The van der Waals surface area contributed by atoms with Gasteiger partial charge in [0.25, 0.3) is 0 Å². The summed E-state index contributed by atoms with van der Waals surface area (Å²) >= 11 is 0. The minimum absolute atomic E-state index is 0.476. The third kappa shape index (κ3) is 2.70. The molecule has 2 aromatic rings. The second kappa shape index (κ2) is 7.35. The van der Waals surface area contributed by atoms with Crippen molar-refractivity contribution in [1.82, 2.24) is 0 Å². The molecule has 1 spiro atoms. The number of hydrogen-bond donors (Lipinski definition) is 0. The molecule has 9 unspecified atom stereocenters. The van der Waals surface area contributed by atoms with Gasteiger partial charge in [0.05, 0.1) is 0 Å². The Morgan fingerprint density at radius 3 is 1.52 bits per heavy atom. The lowest BCUT2D eigenvalue weighted by atomic mass is 9.44. The first-order valence-electron chi connectivity index (χ1n) is 13.9. The van der Waals surface area contributed by atoms with Gasteiger partial charge in [-0.1, -0.05) is 41.5 Å². The Kier molecular flexibility index (Phi) is 5.22. The number of hydrogen-bond acceptors (Lipinski definition) is 0. The van der Waals surface area contributed by atoms with Crippen molar-refractivity contribution in [2.45, 2.75) is 108 Å². The summed E-state index contributed by atoms with van der Waals surface area (Å²) in [6, 6.07) is 0. The summed E-state index contributed by atoms with van der Waals surface area (Å²) in [6.07, 6.45) is 2.84. The number of rotatable bonds is 0. The summed E-state index contributed by atoms with van der Waals surface area (Å²) in [5.41, 5.74) is 13.3. The molecular formula is C33H48. The molecule has 2 aromatic carbocycles. The van der Waals surface area contributed by atoms with Gasteiger partial charge >= 0.3 is 0 Å². The molecular weight excluding hydrogens is 396 g/mol. The van der Waals surface area contributed by atoms with Gasteiger partial charge in [-0.05, 0) is 162 Å². The van der Waals surface area contributed by atoms with E-state index in [1.807, 2.05) is 0 Å². The van der Waals surface area contributed by atoms with Crippen LogP contribution >= 0.6 is 0 Å². The van der Waals surface area contributed by atoms with Crippen LogP contribution in [0.5, 0.6) is 0 Å². The van der Waals surface area contributed by atoms with Crippen LogP contribution in [-0.2, 0) is 0 Å². The highest BCUT2D eigenvalue weighted by atomic mass is 14.6. The third-order valence-electron chi connectivity index (χ3n) is 12.5. The van der Waals surface area contributed by atoms with Gasteiger partial charge in [0, 0.05) is 0 Å². The lowest BCUT2D eigenvalue weighted by Crippen LogP contribution is -2.53. The van der Waals surface area contributed by atoms with Crippen LogP contribution in [0.4, 0.5) is 0 Å².